The van der Waals surface area contributed by atoms with Gasteiger partial charge in [0.25, 0.3) is 15.6 Å². The van der Waals surface area contributed by atoms with Crippen LogP contribution in [0, 0.1) is 11.3 Å². The van der Waals surface area contributed by atoms with Crippen LogP contribution in [0.15, 0.2) is 68.4 Å². The van der Waals surface area contributed by atoms with Crippen molar-refractivity contribution in [1.82, 2.24) is 4.57 Å². The standard InChI is InChI=1S/C27H27F3N6O7S/c1-3-36(20-9-7-18(8-10-20)32-17(2)38)44(41,42)21-6-4-5-19(15-21)33-34-24-23(27(28,29)30)22(16-31)25(39)35(26(24)40)11-13-43-14-12-37/h4-10,15,37,40H,3,11-14H2,1-2H3,(H,32,38)/b34-33+. The highest BCUT2D eigenvalue weighted by molar-refractivity contribution is 7.92. The van der Waals surface area contributed by atoms with Gasteiger partial charge in [0.15, 0.2) is 5.69 Å². The van der Waals surface area contributed by atoms with Crippen LogP contribution in [-0.4, -0.2) is 55.5 Å². The number of aliphatic hydroxyl groups is 1. The topological polar surface area (TPSA) is 187 Å². The quantitative estimate of drug-likeness (QED) is 0.196. The zero-order valence-corrected chi connectivity index (χ0v) is 24.2. The number of azo groups is 1. The lowest BCUT2D eigenvalue weighted by molar-refractivity contribution is -0.137. The summed E-state index contributed by atoms with van der Waals surface area (Å²) in [6.07, 6.45) is -5.30. The fourth-order valence-electron chi connectivity index (χ4n) is 4.05. The first-order valence-electron chi connectivity index (χ1n) is 12.8. The summed E-state index contributed by atoms with van der Waals surface area (Å²) in [6, 6.07) is 12.0. The number of pyridine rings is 1. The highest BCUT2D eigenvalue weighted by Crippen LogP contribution is 2.43. The van der Waals surface area contributed by atoms with Gasteiger partial charge in [0.1, 0.15) is 17.2 Å². The summed E-state index contributed by atoms with van der Waals surface area (Å²) in [4.78, 5) is 23.6. The summed E-state index contributed by atoms with van der Waals surface area (Å²) in [5, 5.41) is 38.6. The summed E-state index contributed by atoms with van der Waals surface area (Å²) in [5.41, 5.74) is -5.35. The Bertz CT molecular complexity index is 1750. The Hall–Kier alpha value is -4.79. The first-order valence-corrected chi connectivity index (χ1v) is 14.3. The maximum atomic E-state index is 14.0. The number of alkyl halides is 3. The van der Waals surface area contributed by atoms with E-state index in [1.54, 1.807) is 6.92 Å². The molecule has 0 aliphatic rings. The predicted molar refractivity (Wildman–Crippen MR) is 152 cm³/mol. The van der Waals surface area contributed by atoms with Gasteiger partial charge in [-0.3, -0.25) is 18.5 Å². The van der Waals surface area contributed by atoms with Crippen molar-refractivity contribution in [3.63, 3.8) is 0 Å². The van der Waals surface area contributed by atoms with E-state index < -0.39 is 51.0 Å². The van der Waals surface area contributed by atoms with E-state index in [1.165, 1.54) is 55.5 Å². The van der Waals surface area contributed by atoms with Gasteiger partial charge in [-0.15, -0.1) is 5.11 Å². The molecule has 3 rings (SSSR count). The number of ether oxygens (including phenoxy) is 1. The van der Waals surface area contributed by atoms with Crippen LogP contribution < -0.4 is 15.2 Å². The number of aliphatic hydroxyl groups excluding tert-OH is 1. The molecule has 13 nitrogen and oxygen atoms in total. The second-order valence-corrected chi connectivity index (χ2v) is 10.8. The first kappa shape index (κ1) is 33.7. The number of sulfonamides is 1. The molecule has 2 aromatic carbocycles. The molecule has 0 aliphatic heterocycles. The van der Waals surface area contributed by atoms with E-state index in [1.807, 2.05) is 0 Å². The molecule has 0 fully saturated rings. The minimum Gasteiger partial charge on any atom is -0.493 e. The van der Waals surface area contributed by atoms with Gasteiger partial charge >= 0.3 is 6.18 Å². The van der Waals surface area contributed by atoms with Crippen molar-refractivity contribution in [2.45, 2.75) is 31.5 Å². The lowest BCUT2D eigenvalue weighted by Gasteiger charge is -2.23. The van der Waals surface area contributed by atoms with Crippen LogP contribution in [0.3, 0.4) is 0 Å². The van der Waals surface area contributed by atoms with Crippen molar-refractivity contribution in [2.75, 3.05) is 36.0 Å². The lowest BCUT2D eigenvalue weighted by Crippen LogP contribution is -2.30. The van der Waals surface area contributed by atoms with E-state index in [-0.39, 0.29) is 48.5 Å². The summed E-state index contributed by atoms with van der Waals surface area (Å²) in [7, 11) is -4.23. The maximum Gasteiger partial charge on any atom is 0.420 e. The highest BCUT2D eigenvalue weighted by Gasteiger charge is 2.41. The molecule has 3 N–H and O–H groups in total. The predicted octanol–water partition coefficient (Wildman–Crippen LogP) is 4.04. The first-order chi connectivity index (χ1) is 20.8. The molecule has 1 amide bonds. The molecule has 234 valence electrons. The van der Waals surface area contributed by atoms with Crippen molar-refractivity contribution >= 4 is 38.7 Å². The van der Waals surface area contributed by atoms with Gasteiger partial charge in [0.2, 0.25) is 11.8 Å². The Morgan fingerprint density at radius 1 is 1.16 bits per heavy atom. The molecule has 3 aromatic rings. The molecular formula is C27H27F3N6O7S. The molecule has 0 unspecified atom stereocenters. The van der Waals surface area contributed by atoms with Crippen LogP contribution in [0.5, 0.6) is 5.88 Å². The van der Waals surface area contributed by atoms with Gasteiger partial charge in [-0.05, 0) is 49.4 Å². The number of nitrogens with zero attached hydrogens (tertiary/aromatic N) is 5. The third-order valence-electron chi connectivity index (χ3n) is 5.94. The number of aromatic hydroxyl groups is 1. The Morgan fingerprint density at radius 2 is 1.84 bits per heavy atom. The fourth-order valence-corrected chi connectivity index (χ4v) is 5.56. The minimum absolute atomic E-state index is 0.00310. The average Bonchev–Trinajstić information content (AvgIpc) is 2.96. The van der Waals surface area contributed by atoms with Crippen LogP contribution in [0.1, 0.15) is 25.0 Å². The summed E-state index contributed by atoms with van der Waals surface area (Å²) in [6.45, 7) is 1.60. The Morgan fingerprint density at radius 3 is 2.41 bits per heavy atom. The molecule has 0 saturated heterocycles. The van der Waals surface area contributed by atoms with Gasteiger partial charge in [-0.1, -0.05) is 6.07 Å². The van der Waals surface area contributed by atoms with Crippen LogP contribution in [0.25, 0.3) is 0 Å². The molecule has 0 spiro atoms. The number of nitrogens with one attached hydrogen (secondary N) is 1. The summed E-state index contributed by atoms with van der Waals surface area (Å²) >= 11 is 0. The maximum absolute atomic E-state index is 14.0. The third-order valence-corrected chi connectivity index (χ3v) is 7.84. The van der Waals surface area contributed by atoms with E-state index in [0.717, 1.165) is 10.4 Å². The molecule has 1 aromatic heterocycles. The third kappa shape index (κ3) is 7.58. The number of halogens is 3. The molecular weight excluding hydrogens is 609 g/mol. The minimum atomic E-state index is -5.30. The second-order valence-electron chi connectivity index (χ2n) is 8.92. The smallest absolute Gasteiger partial charge is 0.420 e. The Kier molecular flexibility index (Phi) is 10.8. The molecule has 17 heteroatoms. The zero-order chi connectivity index (χ0) is 32.7. The van der Waals surface area contributed by atoms with Gasteiger partial charge in [0, 0.05) is 19.2 Å². The Balaban J connectivity index is 2.06. The molecule has 44 heavy (non-hydrogen) atoms. The number of rotatable bonds is 12. The number of amides is 1. The number of nitriles is 1. The SMILES string of the molecule is CCN(c1ccc(NC(C)=O)cc1)S(=O)(=O)c1cccc(/N=N/c2c(C(F)(F)F)c(C#N)c(=O)n(CCOCCO)c2O)c1. The van der Waals surface area contributed by atoms with Crippen molar-refractivity contribution in [1.29, 1.82) is 5.26 Å². The number of anilines is 2. The molecule has 0 saturated carbocycles. The molecule has 0 aliphatic carbocycles. The van der Waals surface area contributed by atoms with Crippen LogP contribution in [0.2, 0.25) is 0 Å². The number of carbonyl (C=O) groups is 1. The molecule has 0 atom stereocenters. The van der Waals surface area contributed by atoms with Gasteiger partial charge in [0.05, 0.1) is 42.6 Å². The van der Waals surface area contributed by atoms with Crippen molar-refractivity contribution in [3.05, 3.63) is 70.0 Å². The number of benzene rings is 2. The van der Waals surface area contributed by atoms with Crippen LogP contribution in [-0.2, 0) is 32.3 Å². The monoisotopic (exact) mass is 636 g/mol. The average molecular weight is 637 g/mol. The lowest BCUT2D eigenvalue weighted by atomic mass is 10.1. The summed E-state index contributed by atoms with van der Waals surface area (Å²) < 4.78 is 75.5. The Labute approximate surface area is 249 Å². The van der Waals surface area contributed by atoms with E-state index >= 15 is 0 Å². The zero-order valence-electron chi connectivity index (χ0n) is 23.4. The number of hydrogen-bond donors (Lipinski definition) is 3. The normalized spacial score (nSPS) is 11.8. The van der Waals surface area contributed by atoms with Crippen molar-refractivity contribution < 1.29 is 41.3 Å². The fraction of sp³-hybridized carbons (Fsp3) is 0.296. The van der Waals surface area contributed by atoms with Gasteiger partial charge < -0.3 is 20.3 Å². The van der Waals surface area contributed by atoms with E-state index in [2.05, 4.69) is 15.5 Å². The number of carbonyl (C=O) groups excluding carboxylic acids is 1. The molecule has 1 heterocycles. The molecule has 0 radical (unpaired) electrons. The largest absolute Gasteiger partial charge is 0.493 e. The molecule has 0 bridgehead atoms. The highest BCUT2D eigenvalue weighted by atomic mass is 32.2. The van der Waals surface area contributed by atoms with Crippen molar-refractivity contribution in [2.24, 2.45) is 10.2 Å². The van der Waals surface area contributed by atoms with E-state index in [0.29, 0.717) is 10.3 Å². The van der Waals surface area contributed by atoms with Gasteiger partial charge in [-0.25, -0.2) is 8.42 Å². The van der Waals surface area contributed by atoms with Gasteiger partial charge in [-0.2, -0.15) is 23.5 Å². The number of hydrogen-bond acceptors (Lipinski definition) is 10. The summed E-state index contributed by atoms with van der Waals surface area (Å²) in [5.74, 6) is -1.56. The van der Waals surface area contributed by atoms with E-state index in [4.69, 9.17) is 9.84 Å². The second kappa shape index (κ2) is 14.1. The van der Waals surface area contributed by atoms with Crippen molar-refractivity contribution in [3.8, 4) is 11.9 Å². The van der Waals surface area contributed by atoms with E-state index in [9.17, 15) is 41.5 Å². The van der Waals surface area contributed by atoms with Crippen LogP contribution in [0.4, 0.5) is 35.9 Å². The number of aromatic nitrogens is 1. The van der Waals surface area contributed by atoms with Crippen LogP contribution >= 0.6 is 0 Å².